The van der Waals surface area contributed by atoms with Gasteiger partial charge in [0.25, 0.3) is 0 Å². The molecule has 0 spiro atoms. The molecule has 0 saturated carbocycles. The molecule has 0 atom stereocenters. The molecule has 0 radical (unpaired) electrons. The molecule has 0 unspecified atom stereocenters. The summed E-state index contributed by atoms with van der Waals surface area (Å²) in [7, 11) is 0. The van der Waals surface area contributed by atoms with Crippen LogP contribution in [0, 0.1) is 0 Å². The molecule has 0 bridgehead atoms. The lowest BCUT2D eigenvalue weighted by molar-refractivity contribution is 0.753. The Morgan fingerprint density at radius 1 is 1.00 bits per heavy atom. The molecule has 2 heterocycles. The fourth-order valence-electron chi connectivity index (χ4n) is 0.728. The minimum Gasteiger partial charge on any atom is -0.157 e. The highest BCUT2D eigenvalue weighted by molar-refractivity contribution is 5.56. The maximum atomic E-state index is 3.76. The van der Waals surface area contributed by atoms with Crippen LogP contribution in [0.25, 0.3) is 6.08 Å². The Morgan fingerprint density at radius 3 is 2.92 bits per heavy atom. The van der Waals surface area contributed by atoms with E-state index in [-0.39, 0.29) is 0 Å². The van der Waals surface area contributed by atoms with E-state index in [1.54, 1.807) is 24.4 Å². The molecular weight excluding hydrogens is 156 g/mol. The van der Waals surface area contributed by atoms with Crippen LogP contribution in [0.4, 0.5) is 5.82 Å². The minimum atomic E-state index is 0.380. The summed E-state index contributed by atoms with van der Waals surface area (Å²) in [6.45, 7) is 0. The molecule has 6 nitrogen and oxygen atoms in total. The summed E-state index contributed by atoms with van der Waals surface area (Å²) in [5.74, 6) is 0.380. The lowest BCUT2D eigenvalue weighted by Gasteiger charge is -1.93. The topological polar surface area (TPSA) is 76.3 Å². The van der Waals surface area contributed by atoms with Crippen LogP contribution in [0.15, 0.2) is 28.6 Å². The summed E-state index contributed by atoms with van der Waals surface area (Å²) in [4.78, 5) is 0. The van der Waals surface area contributed by atoms with Crippen molar-refractivity contribution in [3.8, 4) is 0 Å². The molecule has 1 aromatic rings. The quantitative estimate of drug-likeness (QED) is 0.564. The zero-order valence-electron chi connectivity index (χ0n) is 5.99. The lowest BCUT2D eigenvalue weighted by Crippen LogP contribution is -1.94. The largest absolute Gasteiger partial charge is 0.225 e. The molecule has 2 rings (SSSR count). The average molecular weight is 160 g/mol. The summed E-state index contributed by atoms with van der Waals surface area (Å²) < 4.78 is 0. The van der Waals surface area contributed by atoms with Crippen LogP contribution in [0.5, 0.6) is 0 Å². The van der Waals surface area contributed by atoms with Gasteiger partial charge in [-0.05, 0) is 22.6 Å². The summed E-state index contributed by atoms with van der Waals surface area (Å²) in [6.07, 6.45) is 6.83. The SMILES string of the molecule is C1=CN=Nc2nnnnc2C=C1. The van der Waals surface area contributed by atoms with E-state index >= 15 is 0 Å². The molecule has 58 valence electrons. The number of rotatable bonds is 0. The third kappa shape index (κ3) is 1.22. The van der Waals surface area contributed by atoms with Gasteiger partial charge in [-0.2, -0.15) is 5.11 Å². The first-order chi connectivity index (χ1) is 5.97. The van der Waals surface area contributed by atoms with E-state index in [1.807, 2.05) is 0 Å². The monoisotopic (exact) mass is 160 g/mol. The predicted molar refractivity (Wildman–Crippen MR) is 40.3 cm³/mol. The van der Waals surface area contributed by atoms with Gasteiger partial charge in [-0.3, -0.25) is 0 Å². The second kappa shape index (κ2) is 2.95. The van der Waals surface area contributed by atoms with E-state index in [2.05, 4.69) is 30.9 Å². The van der Waals surface area contributed by atoms with Crippen molar-refractivity contribution in [1.82, 2.24) is 20.6 Å². The summed E-state index contributed by atoms with van der Waals surface area (Å²) >= 11 is 0. The van der Waals surface area contributed by atoms with Gasteiger partial charge in [0.1, 0.15) is 5.69 Å². The molecule has 1 aliphatic heterocycles. The number of allylic oxidation sites excluding steroid dienone is 2. The van der Waals surface area contributed by atoms with Crippen molar-refractivity contribution in [2.45, 2.75) is 0 Å². The third-order valence-corrected chi connectivity index (χ3v) is 1.23. The molecule has 0 aromatic carbocycles. The Bertz CT molecular complexity index is 331. The van der Waals surface area contributed by atoms with E-state index < -0.39 is 0 Å². The van der Waals surface area contributed by atoms with Crippen LogP contribution in [-0.4, -0.2) is 20.6 Å². The maximum absolute atomic E-state index is 3.76. The van der Waals surface area contributed by atoms with Crippen LogP contribution < -0.4 is 0 Å². The van der Waals surface area contributed by atoms with Crippen molar-refractivity contribution in [3.05, 3.63) is 24.0 Å². The number of hydrogen-bond donors (Lipinski definition) is 0. The fourth-order valence-corrected chi connectivity index (χ4v) is 0.728. The second-order valence-corrected chi connectivity index (χ2v) is 2.00. The van der Waals surface area contributed by atoms with E-state index in [0.717, 1.165) is 0 Å². The van der Waals surface area contributed by atoms with Gasteiger partial charge in [0.2, 0.25) is 5.82 Å². The second-order valence-electron chi connectivity index (χ2n) is 2.00. The number of hydrogen-bond acceptors (Lipinski definition) is 6. The van der Waals surface area contributed by atoms with Crippen molar-refractivity contribution in [1.29, 1.82) is 0 Å². The van der Waals surface area contributed by atoms with Gasteiger partial charge in [0.15, 0.2) is 0 Å². The van der Waals surface area contributed by atoms with Crippen LogP contribution in [0.1, 0.15) is 5.69 Å². The Balaban J connectivity index is 2.54. The molecular formula is C6H4N6. The van der Waals surface area contributed by atoms with E-state index in [4.69, 9.17) is 0 Å². The van der Waals surface area contributed by atoms with Gasteiger partial charge < -0.3 is 0 Å². The van der Waals surface area contributed by atoms with Gasteiger partial charge in [-0.25, -0.2) is 0 Å². The first-order valence-corrected chi connectivity index (χ1v) is 3.27. The van der Waals surface area contributed by atoms with E-state index in [9.17, 15) is 0 Å². The maximum Gasteiger partial charge on any atom is 0.225 e. The van der Waals surface area contributed by atoms with Crippen molar-refractivity contribution < 1.29 is 0 Å². The number of azo groups is 1. The average Bonchev–Trinajstić information content (AvgIpc) is 2.06. The van der Waals surface area contributed by atoms with Crippen LogP contribution in [-0.2, 0) is 0 Å². The summed E-state index contributed by atoms with van der Waals surface area (Å²) in [5, 5.41) is 21.6. The van der Waals surface area contributed by atoms with E-state index in [1.165, 1.54) is 0 Å². The van der Waals surface area contributed by atoms with Crippen molar-refractivity contribution in [2.75, 3.05) is 0 Å². The molecule has 1 aliphatic rings. The first-order valence-electron chi connectivity index (χ1n) is 3.27. The zero-order valence-corrected chi connectivity index (χ0v) is 5.99. The Kier molecular flexibility index (Phi) is 1.65. The van der Waals surface area contributed by atoms with Gasteiger partial charge in [-0.15, -0.1) is 15.3 Å². The molecule has 0 saturated heterocycles. The summed E-state index contributed by atoms with van der Waals surface area (Å²) in [6, 6.07) is 0. The standard InChI is InChI=1S/C6H4N6/c1-2-4-7-9-6-5(3-1)8-11-12-10-6/h1-4H. The summed E-state index contributed by atoms with van der Waals surface area (Å²) in [5.41, 5.74) is 0.568. The van der Waals surface area contributed by atoms with Crippen LogP contribution in [0.3, 0.4) is 0 Å². The highest BCUT2D eigenvalue weighted by Gasteiger charge is 2.01. The molecule has 6 heteroatoms. The van der Waals surface area contributed by atoms with Crippen molar-refractivity contribution >= 4 is 11.9 Å². The highest BCUT2D eigenvalue weighted by Crippen LogP contribution is 2.14. The zero-order chi connectivity index (χ0) is 8.23. The Morgan fingerprint density at radius 2 is 1.92 bits per heavy atom. The van der Waals surface area contributed by atoms with Crippen LogP contribution in [0.2, 0.25) is 0 Å². The molecule has 0 amide bonds. The highest BCUT2D eigenvalue weighted by atomic mass is 15.4. The normalized spacial score (nSPS) is 13.7. The molecule has 0 fully saturated rings. The molecule has 0 N–H and O–H groups in total. The smallest absolute Gasteiger partial charge is 0.157 e. The Labute approximate surface area is 67.7 Å². The molecule has 1 aromatic heterocycles. The Hall–Kier alpha value is -1.98. The van der Waals surface area contributed by atoms with Crippen molar-refractivity contribution in [3.63, 3.8) is 0 Å². The van der Waals surface area contributed by atoms with Crippen LogP contribution >= 0.6 is 0 Å². The van der Waals surface area contributed by atoms with Crippen molar-refractivity contribution in [2.24, 2.45) is 10.2 Å². The molecule has 0 aliphatic carbocycles. The third-order valence-electron chi connectivity index (χ3n) is 1.23. The number of fused-ring (bicyclic) bond motifs is 1. The number of aromatic nitrogens is 4. The van der Waals surface area contributed by atoms with Gasteiger partial charge in [-0.1, -0.05) is 6.08 Å². The van der Waals surface area contributed by atoms with Gasteiger partial charge >= 0.3 is 0 Å². The number of nitrogens with zero attached hydrogens (tertiary/aromatic N) is 6. The van der Waals surface area contributed by atoms with E-state index in [0.29, 0.717) is 11.5 Å². The molecule has 12 heavy (non-hydrogen) atoms. The van der Waals surface area contributed by atoms with Gasteiger partial charge in [0.05, 0.1) is 0 Å². The lowest BCUT2D eigenvalue weighted by atomic mass is 10.3. The minimum absolute atomic E-state index is 0.380. The predicted octanol–water partition coefficient (Wildman–Crippen LogP) is 0.891. The fraction of sp³-hybridized carbons (Fsp3) is 0. The van der Waals surface area contributed by atoms with Gasteiger partial charge in [0, 0.05) is 6.20 Å². The first kappa shape index (κ1) is 6.71.